The number of alkyl halides is 3. The molecule has 1 unspecified atom stereocenters. The van der Waals surface area contributed by atoms with E-state index in [-0.39, 0.29) is 29.7 Å². The largest absolute Gasteiger partial charge is 0.573 e. The van der Waals surface area contributed by atoms with Crippen LogP contribution in [0.4, 0.5) is 19.0 Å². The molecule has 0 bridgehead atoms. The van der Waals surface area contributed by atoms with Crippen molar-refractivity contribution in [3.8, 4) is 11.6 Å². The second kappa shape index (κ2) is 9.25. The van der Waals surface area contributed by atoms with Crippen molar-refractivity contribution in [2.45, 2.75) is 25.7 Å². The Morgan fingerprint density at radius 1 is 1.16 bits per heavy atom. The highest BCUT2D eigenvalue weighted by Gasteiger charge is 2.32. The molecule has 3 heterocycles. The lowest BCUT2D eigenvalue weighted by molar-refractivity contribution is -0.274. The van der Waals surface area contributed by atoms with Gasteiger partial charge in [-0.25, -0.2) is 4.98 Å². The average molecular weight is 446 g/mol. The van der Waals surface area contributed by atoms with E-state index >= 15 is 0 Å². The van der Waals surface area contributed by atoms with Gasteiger partial charge in [-0.1, -0.05) is 18.2 Å². The third-order valence-corrected chi connectivity index (χ3v) is 5.17. The quantitative estimate of drug-likeness (QED) is 0.627. The highest BCUT2D eigenvalue weighted by molar-refractivity contribution is 5.79. The monoisotopic (exact) mass is 446 g/mol. The first-order chi connectivity index (χ1) is 15.4. The van der Waals surface area contributed by atoms with Crippen molar-refractivity contribution in [1.82, 2.24) is 25.1 Å². The first kappa shape index (κ1) is 21.6. The lowest BCUT2D eigenvalue weighted by atomic mass is 9.97. The Morgan fingerprint density at radius 3 is 2.66 bits per heavy atom. The minimum absolute atomic E-state index is 0.0546. The predicted molar refractivity (Wildman–Crippen MR) is 109 cm³/mol. The molecule has 1 atom stereocenters. The lowest BCUT2D eigenvalue weighted by Crippen LogP contribution is -2.43. The molecule has 4 rings (SSSR count). The lowest BCUT2D eigenvalue weighted by Gasteiger charge is -2.32. The van der Waals surface area contributed by atoms with E-state index in [0.717, 1.165) is 13.0 Å². The van der Waals surface area contributed by atoms with Gasteiger partial charge < -0.3 is 15.0 Å². The molecule has 8 nitrogen and oxygen atoms in total. The number of para-hydroxylation sites is 1. The molecule has 1 aromatic carbocycles. The summed E-state index contributed by atoms with van der Waals surface area (Å²) in [5.41, 5.74) is 0.256. The number of carbonyl (C=O) groups is 1. The number of nitrogens with one attached hydrogen (secondary N) is 1. The van der Waals surface area contributed by atoms with Gasteiger partial charge in [-0.3, -0.25) is 9.36 Å². The fraction of sp³-hybridized carbons (Fsp3) is 0.333. The van der Waals surface area contributed by atoms with Crippen LogP contribution >= 0.6 is 0 Å². The van der Waals surface area contributed by atoms with Crippen LogP contribution in [0, 0.1) is 5.92 Å². The van der Waals surface area contributed by atoms with Gasteiger partial charge in [0.05, 0.1) is 5.92 Å². The molecular weight excluding hydrogens is 425 g/mol. The number of amides is 1. The highest BCUT2D eigenvalue weighted by atomic mass is 19.4. The van der Waals surface area contributed by atoms with Crippen LogP contribution in [0.25, 0.3) is 5.82 Å². The number of anilines is 1. The maximum atomic E-state index is 12.7. The van der Waals surface area contributed by atoms with Gasteiger partial charge >= 0.3 is 6.36 Å². The maximum absolute atomic E-state index is 12.7. The van der Waals surface area contributed by atoms with Crippen molar-refractivity contribution in [3.63, 3.8) is 0 Å². The van der Waals surface area contributed by atoms with Crippen molar-refractivity contribution in [1.29, 1.82) is 0 Å². The standard InChI is InChI=1S/C21H21F3N6O2/c22-21(23,24)32-17-6-2-1-4-15(17)12-26-20(31)16-5-3-10-29(13-16)18-7-8-19(28-27-18)30-11-9-25-14-30/h1-2,4,6-9,11,14,16H,3,5,10,12-13H2,(H,26,31). The van der Waals surface area contributed by atoms with Crippen LogP contribution in [0.3, 0.4) is 0 Å². The SMILES string of the molecule is O=C(NCc1ccccc1OC(F)(F)F)C1CCCN(c2ccc(-n3ccnc3)nn2)C1. The zero-order valence-corrected chi connectivity index (χ0v) is 17.0. The number of halogens is 3. The molecule has 11 heteroatoms. The normalized spacial score (nSPS) is 16.6. The van der Waals surface area contributed by atoms with Crippen molar-refractivity contribution in [2.24, 2.45) is 5.92 Å². The number of hydrogen-bond acceptors (Lipinski definition) is 6. The molecule has 32 heavy (non-hydrogen) atoms. The van der Waals surface area contributed by atoms with Gasteiger partial charge in [-0.05, 0) is 31.0 Å². The molecule has 1 amide bonds. The van der Waals surface area contributed by atoms with Crippen LogP contribution in [0.15, 0.2) is 55.1 Å². The summed E-state index contributed by atoms with van der Waals surface area (Å²) in [5, 5.41) is 11.2. The summed E-state index contributed by atoms with van der Waals surface area (Å²) < 4.78 is 43.5. The topological polar surface area (TPSA) is 85.2 Å². The first-order valence-electron chi connectivity index (χ1n) is 10.1. The smallest absolute Gasteiger partial charge is 0.405 e. The van der Waals surface area contributed by atoms with Gasteiger partial charge in [-0.2, -0.15) is 0 Å². The van der Waals surface area contributed by atoms with Crippen LogP contribution in [-0.2, 0) is 11.3 Å². The number of aromatic nitrogens is 4. The van der Waals surface area contributed by atoms with Crippen LogP contribution in [0.5, 0.6) is 5.75 Å². The van der Waals surface area contributed by atoms with Crippen molar-refractivity contribution in [2.75, 3.05) is 18.0 Å². The summed E-state index contributed by atoms with van der Waals surface area (Å²) >= 11 is 0. The van der Waals surface area contributed by atoms with Crippen molar-refractivity contribution < 1.29 is 22.7 Å². The molecule has 1 fully saturated rings. The molecule has 1 saturated heterocycles. The summed E-state index contributed by atoms with van der Waals surface area (Å²) in [4.78, 5) is 18.7. The van der Waals surface area contributed by atoms with Crippen LogP contribution in [0.2, 0.25) is 0 Å². The summed E-state index contributed by atoms with van der Waals surface area (Å²) in [6, 6.07) is 9.43. The Labute approximate surface area is 182 Å². The molecule has 0 radical (unpaired) electrons. The Bertz CT molecular complexity index is 1040. The van der Waals surface area contributed by atoms with E-state index in [4.69, 9.17) is 0 Å². The Morgan fingerprint density at radius 2 is 1.94 bits per heavy atom. The number of rotatable bonds is 6. The van der Waals surface area contributed by atoms with E-state index in [1.807, 2.05) is 17.0 Å². The van der Waals surface area contributed by atoms with Crippen LogP contribution in [-0.4, -0.2) is 45.1 Å². The summed E-state index contributed by atoms with van der Waals surface area (Å²) in [7, 11) is 0. The van der Waals surface area contributed by atoms with E-state index in [0.29, 0.717) is 24.6 Å². The van der Waals surface area contributed by atoms with Gasteiger partial charge in [-0.15, -0.1) is 23.4 Å². The number of piperidine rings is 1. The van der Waals surface area contributed by atoms with Gasteiger partial charge in [0.15, 0.2) is 11.6 Å². The molecule has 0 spiro atoms. The highest BCUT2D eigenvalue weighted by Crippen LogP contribution is 2.27. The van der Waals surface area contributed by atoms with Crippen molar-refractivity contribution >= 4 is 11.7 Å². The number of nitrogens with zero attached hydrogens (tertiary/aromatic N) is 5. The number of imidazole rings is 1. The van der Waals surface area contributed by atoms with Gasteiger partial charge in [0.25, 0.3) is 0 Å². The Balaban J connectivity index is 1.36. The van der Waals surface area contributed by atoms with Gasteiger partial charge in [0, 0.05) is 37.6 Å². The third kappa shape index (κ3) is 5.34. The Kier molecular flexibility index (Phi) is 6.24. The molecule has 3 aromatic rings. The second-order valence-corrected chi connectivity index (χ2v) is 7.38. The number of carbonyl (C=O) groups excluding carboxylic acids is 1. The minimum Gasteiger partial charge on any atom is -0.405 e. The number of hydrogen-bond donors (Lipinski definition) is 1. The average Bonchev–Trinajstić information content (AvgIpc) is 3.32. The molecule has 2 aromatic heterocycles. The van der Waals surface area contributed by atoms with E-state index in [9.17, 15) is 18.0 Å². The second-order valence-electron chi connectivity index (χ2n) is 7.38. The van der Waals surface area contributed by atoms with Crippen LogP contribution in [0.1, 0.15) is 18.4 Å². The number of benzene rings is 1. The van der Waals surface area contributed by atoms with E-state index in [1.165, 1.54) is 18.2 Å². The third-order valence-electron chi connectivity index (χ3n) is 5.17. The van der Waals surface area contributed by atoms with Gasteiger partial charge in [0.1, 0.15) is 12.1 Å². The maximum Gasteiger partial charge on any atom is 0.573 e. The van der Waals surface area contributed by atoms with E-state index < -0.39 is 6.36 Å². The first-order valence-corrected chi connectivity index (χ1v) is 10.1. The summed E-state index contributed by atoms with van der Waals surface area (Å²) in [5.74, 6) is 0.445. The fourth-order valence-corrected chi connectivity index (χ4v) is 3.62. The molecule has 1 aliphatic rings. The Hall–Kier alpha value is -3.63. The molecule has 168 valence electrons. The van der Waals surface area contributed by atoms with Crippen molar-refractivity contribution in [3.05, 3.63) is 60.7 Å². The summed E-state index contributed by atoms with van der Waals surface area (Å²) in [6.07, 6.45) is 1.72. The van der Waals surface area contributed by atoms with Gasteiger partial charge in [0.2, 0.25) is 5.91 Å². The van der Waals surface area contributed by atoms with E-state index in [1.54, 1.807) is 29.4 Å². The molecule has 1 aliphatic heterocycles. The molecule has 0 saturated carbocycles. The molecule has 1 N–H and O–H groups in total. The van der Waals surface area contributed by atoms with Crippen LogP contribution < -0.4 is 15.0 Å². The fourth-order valence-electron chi connectivity index (χ4n) is 3.62. The zero-order valence-electron chi connectivity index (χ0n) is 17.0. The molecule has 0 aliphatic carbocycles. The summed E-state index contributed by atoms with van der Waals surface area (Å²) in [6.45, 7) is 1.14. The predicted octanol–water partition coefficient (Wildman–Crippen LogP) is 3.09. The number of ether oxygens (including phenoxy) is 1. The zero-order chi connectivity index (χ0) is 22.6. The minimum atomic E-state index is -4.79. The van der Waals surface area contributed by atoms with E-state index in [2.05, 4.69) is 25.2 Å². The molecular formula is C21H21F3N6O2.